The number of hydrogen-bond acceptors (Lipinski definition) is 2. The number of hydrogen-bond donors (Lipinski definition) is 1. The molecule has 0 unspecified atom stereocenters. The van der Waals surface area contributed by atoms with E-state index in [0.29, 0.717) is 19.5 Å². The molecule has 158 valence electrons. The van der Waals surface area contributed by atoms with Crippen molar-refractivity contribution in [1.82, 2.24) is 10.2 Å². The second kappa shape index (κ2) is 9.56. The van der Waals surface area contributed by atoms with Gasteiger partial charge in [0, 0.05) is 19.5 Å². The smallest absolute Gasteiger partial charge is 0.225 e. The number of rotatable bonds is 7. The number of nitrogens with one attached hydrogen (secondary N) is 1. The minimum atomic E-state index is -0.394. The first-order chi connectivity index (χ1) is 15.1. The Hall–Kier alpha value is -3.47. The average Bonchev–Trinajstić information content (AvgIpc) is 3.16. The predicted octanol–water partition coefficient (Wildman–Crippen LogP) is 4.27. The minimum Gasteiger partial charge on any atom is -0.349 e. The normalized spacial score (nSPS) is 16.9. The van der Waals surface area contributed by atoms with Crippen molar-refractivity contribution >= 4 is 11.8 Å². The Labute approximate surface area is 181 Å². The SMILES string of the molecule is O=C(N[C@@H](Cc1ccccc1)c1ccccc1)[C@H]1CC(=O)N(Cc2ccc(F)cc2)C1. The van der Waals surface area contributed by atoms with Gasteiger partial charge in [-0.05, 0) is 35.2 Å². The summed E-state index contributed by atoms with van der Waals surface area (Å²) in [6, 6.07) is 25.9. The van der Waals surface area contributed by atoms with Crippen LogP contribution in [0.4, 0.5) is 4.39 Å². The van der Waals surface area contributed by atoms with Gasteiger partial charge in [-0.2, -0.15) is 0 Å². The van der Waals surface area contributed by atoms with E-state index in [1.165, 1.54) is 12.1 Å². The lowest BCUT2D eigenvalue weighted by molar-refractivity contribution is -0.129. The van der Waals surface area contributed by atoms with Gasteiger partial charge in [-0.15, -0.1) is 0 Å². The van der Waals surface area contributed by atoms with Crippen LogP contribution in [0.15, 0.2) is 84.9 Å². The standard InChI is InChI=1S/C26H25FN2O2/c27-23-13-11-20(12-14-23)17-29-18-22(16-25(29)30)26(31)28-24(21-9-5-2-6-10-21)15-19-7-3-1-4-8-19/h1-14,22,24H,15-18H2,(H,28,31)/t22-,24-/m0/s1. The molecule has 5 heteroatoms. The number of amides is 2. The zero-order valence-electron chi connectivity index (χ0n) is 17.2. The van der Waals surface area contributed by atoms with Gasteiger partial charge in [0.05, 0.1) is 12.0 Å². The lowest BCUT2D eigenvalue weighted by atomic mass is 9.97. The number of likely N-dealkylation sites (tertiary alicyclic amines) is 1. The van der Waals surface area contributed by atoms with Crippen molar-refractivity contribution < 1.29 is 14.0 Å². The number of carbonyl (C=O) groups is 2. The highest BCUT2D eigenvalue weighted by Crippen LogP contribution is 2.24. The molecule has 1 aliphatic heterocycles. The third-order valence-electron chi connectivity index (χ3n) is 5.67. The van der Waals surface area contributed by atoms with E-state index < -0.39 is 5.92 Å². The highest BCUT2D eigenvalue weighted by Gasteiger charge is 2.35. The summed E-state index contributed by atoms with van der Waals surface area (Å²) >= 11 is 0. The molecule has 4 nitrogen and oxygen atoms in total. The molecule has 1 N–H and O–H groups in total. The van der Waals surface area contributed by atoms with Crippen molar-refractivity contribution in [2.24, 2.45) is 5.92 Å². The summed E-state index contributed by atoms with van der Waals surface area (Å²) in [6.45, 7) is 0.754. The van der Waals surface area contributed by atoms with Crippen LogP contribution in [0.5, 0.6) is 0 Å². The van der Waals surface area contributed by atoms with Gasteiger partial charge in [-0.25, -0.2) is 4.39 Å². The van der Waals surface area contributed by atoms with Crippen LogP contribution in [-0.2, 0) is 22.6 Å². The summed E-state index contributed by atoms with van der Waals surface area (Å²) in [6.07, 6.45) is 0.871. The largest absolute Gasteiger partial charge is 0.349 e. The van der Waals surface area contributed by atoms with Crippen LogP contribution in [0.2, 0.25) is 0 Å². The van der Waals surface area contributed by atoms with Gasteiger partial charge in [-0.3, -0.25) is 9.59 Å². The fourth-order valence-corrected chi connectivity index (χ4v) is 3.99. The fraction of sp³-hybridized carbons (Fsp3) is 0.231. The second-order valence-corrected chi connectivity index (χ2v) is 7.96. The first-order valence-corrected chi connectivity index (χ1v) is 10.5. The maximum Gasteiger partial charge on any atom is 0.225 e. The van der Waals surface area contributed by atoms with Gasteiger partial charge in [-0.1, -0.05) is 72.8 Å². The van der Waals surface area contributed by atoms with Crippen LogP contribution in [-0.4, -0.2) is 23.3 Å². The summed E-state index contributed by atoms with van der Waals surface area (Å²) in [5.41, 5.74) is 3.02. The quantitative estimate of drug-likeness (QED) is 0.625. The molecule has 1 fully saturated rings. The minimum absolute atomic E-state index is 0.0520. The highest BCUT2D eigenvalue weighted by molar-refractivity contribution is 5.89. The zero-order chi connectivity index (χ0) is 21.6. The van der Waals surface area contributed by atoms with E-state index in [1.807, 2.05) is 60.7 Å². The van der Waals surface area contributed by atoms with Crippen molar-refractivity contribution in [3.8, 4) is 0 Å². The predicted molar refractivity (Wildman–Crippen MR) is 117 cm³/mol. The molecule has 1 aliphatic rings. The van der Waals surface area contributed by atoms with Crippen molar-refractivity contribution in [2.75, 3.05) is 6.54 Å². The summed E-state index contributed by atoms with van der Waals surface area (Å²) < 4.78 is 13.1. The average molecular weight is 416 g/mol. The Morgan fingerprint density at radius 1 is 0.935 bits per heavy atom. The molecule has 31 heavy (non-hydrogen) atoms. The van der Waals surface area contributed by atoms with Gasteiger partial charge in [0.25, 0.3) is 0 Å². The number of carbonyl (C=O) groups excluding carboxylic acids is 2. The molecular formula is C26H25FN2O2. The molecule has 1 heterocycles. The van der Waals surface area contributed by atoms with E-state index >= 15 is 0 Å². The van der Waals surface area contributed by atoms with Crippen LogP contribution in [0.25, 0.3) is 0 Å². The van der Waals surface area contributed by atoms with Crippen LogP contribution in [0, 0.1) is 11.7 Å². The molecule has 0 aliphatic carbocycles. The molecule has 0 radical (unpaired) electrons. The van der Waals surface area contributed by atoms with Crippen molar-refractivity contribution in [2.45, 2.75) is 25.4 Å². The number of halogens is 1. The van der Waals surface area contributed by atoms with Gasteiger partial charge in [0.2, 0.25) is 11.8 Å². The van der Waals surface area contributed by atoms with Gasteiger partial charge < -0.3 is 10.2 Å². The van der Waals surface area contributed by atoms with Gasteiger partial charge in [0.15, 0.2) is 0 Å². The molecule has 0 aromatic heterocycles. The summed E-state index contributed by atoms with van der Waals surface area (Å²) in [5, 5.41) is 3.17. The van der Waals surface area contributed by atoms with Crippen LogP contribution in [0.3, 0.4) is 0 Å². The lowest BCUT2D eigenvalue weighted by Crippen LogP contribution is -2.36. The third-order valence-corrected chi connectivity index (χ3v) is 5.67. The molecule has 1 saturated heterocycles. The molecule has 2 amide bonds. The Morgan fingerprint density at radius 3 is 2.26 bits per heavy atom. The molecule has 3 aromatic carbocycles. The Balaban J connectivity index is 1.43. The van der Waals surface area contributed by atoms with Gasteiger partial charge in [0.1, 0.15) is 5.82 Å². The van der Waals surface area contributed by atoms with E-state index in [2.05, 4.69) is 5.32 Å². The number of nitrogens with zero attached hydrogens (tertiary/aromatic N) is 1. The zero-order valence-corrected chi connectivity index (χ0v) is 17.2. The fourth-order valence-electron chi connectivity index (χ4n) is 3.99. The Bertz CT molecular complexity index is 1020. The molecule has 0 spiro atoms. The Morgan fingerprint density at radius 2 is 1.58 bits per heavy atom. The molecule has 4 rings (SSSR count). The summed E-state index contributed by atoms with van der Waals surface area (Å²) in [5.74, 6) is -0.863. The topological polar surface area (TPSA) is 49.4 Å². The molecular weight excluding hydrogens is 391 g/mol. The number of benzene rings is 3. The maximum absolute atomic E-state index is 13.1. The third kappa shape index (κ3) is 5.37. The highest BCUT2D eigenvalue weighted by atomic mass is 19.1. The van der Waals surface area contributed by atoms with Crippen molar-refractivity contribution in [3.63, 3.8) is 0 Å². The lowest BCUT2D eigenvalue weighted by Gasteiger charge is -2.22. The van der Waals surface area contributed by atoms with E-state index in [9.17, 15) is 14.0 Å². The van der Waals surface area contributed by atoms with Crippen molar-refractivity contribution in [3.05, 3.63) is 107 Å². The monoisotopic (exact) mass is 416 g/mol. The first-order valence-electron chi connectivity index (χ1n) is 10.5. The molecule has 0 bridgehead atoms. The first kappa shape index (κ1) is 20.8. The second-order valence-electron chi connectivity index (χ2n) is 7.96. The Kier molecular flexibility index (Phi) is 6.41. The van der Waals surface area contributed by atoms with E-state index in [1.54, 1.807) is 17.0 Å². The van der Waals surface area contributed by atoms with Crippen LogP contribution < -0.4 is 5.32 Å². The van der Waals surface area contributed by atoms with E-state index in [4.69, 9.17) is 0 Å². The molecule has 2 atom stereocenters. The summed E-state index contributed by atoms with van der Waals surface area (Å²) in [7, 11) is 0. The van der Waals surface area contributed by atoms with Crippen LogP contribution in [0.1, 0.15) is 29.2 Å². The van der Waals surface area contributed by atoms with E-state index in [-0.39, 0.29) is 30.1 Å². The van der Waals surface area contributed by atoms with Gasteiger partial charge >= 0.3 is 0 Å². The van der Waals surface area contributed by atoms with Crippen LogP contribution >= 0.6 is 0 Å². The van der Waals surface area contributed by atoms with Crippen molar-refractivity contribution in [1.29, 1.82) is 0 Å². The maximum atomic E-state index is 13.1. The molecule has 0 saturated carbocycles. The van der Waals surface area contributed by atoms with E-state index in [0.717, 1.165) is 16.7 Å². The molecule has 3 aromatic rings. The summed E-state index contributed by atoms with van der Waals surface area (Å²) in [4.78, 5) is 27.2.